The summed E-state index contributed by atoms with van der Waals surface area (Å²) in [5.74, 6) is -1.34. The first-order valence-corrected chi connectivity index (χ1v) is 6.28. The van der Waals surface area contributed by atoms with Crippen LogP contribution in [0, 0.1) is 5.41 Å². The number of carboxylic acid groups (broad SMARTS) is 1. The average molecular weight is 258 g/mol. The highest BCUT2D eigenvalue weighted by molar-refractivity contribution is 5.76. The van der Waals surface area contributed by atoms with Gasteiger partial charge in [-0.1, -0.05) is 26.7 Å². The van der Waals surface area contributed by atoms with Gasteiger partial charge < -0.3 is 20.8 Å². The molecule has 1 saturated carbocycles. The largest absolute Gasteiger partial charge is 0.479 e. The Labute approximate surface area is 107 Å². The zero-order valence-corrected chi connectivity index (χ0v) is 10.9. The van der Waals surface area contributed by atoms with Gasteiger partial charge in [-0.15, -0.1) is 0 Å². The molecule has 0 spiro atoms. The minimum atomic E-state index is -1.56. The van der Waals surface area contributed by atoms with Gasteiger partial charge in [-0.3, -0.25) is 0 Å². The van der Waals surface area contributed by atoms with Crippen molar-refractivity contribution >= 4 is 12.0 Å². The van der Waals surface area contributed by atoms with E-state index in [1.54, 1.807) is 0 Å². The van der Waals surface area contributed by atoms with Gasteiger partial charge in [0.05, 0.1) is 6.54 Å². The fourth-order valence-electron chi connectivity index (χ4n) is 2.25. The van der Waals surface area contributed by atoms with Gasteiger partial charge in [0.15, 0.2) is 6.10 Å². The molecule has 0 aromatic heterocycles. The maximum absolute atomic E-state index is 11.6. The quantitative estimate of drug-likeness (QED) is 0.596. The van der Waals surface area contributed by atoms with Crippen LogP contribution in [0.15, 0.2) is 0 Å². The topological polar surface area (TPSA) is 98.7 Å². The van der Waals surface area contributed by atoms with Crippen molar-refractivity contribution in [1.29, 1.82) is 0 Å². The summed E-state index contributed by atoms with van der Waals surface area (Å²) in [7, 11) is 0. The minimum absolute atomic E-state index is 0.0566. The van der Waals surface area contributed by atoms with Crippen molar-refractivity contribution in [2.24, 2.45) is 5.41 Å². The summed E-state index contributed by atoms with van der Waals surface area (Å²) in [6.07, 6.45) is 2.70. The first kappa shape index (κ1) is 14.8. The van der Waals surface area contributed by atoms with E-state index in [9.17, 15) is 9.59 Å². The molecule has 1 aliphatic carbocycles. The lowest BCUT2D eigenvalue weighted by Gasteiger charge is -2.39. The molecule has 6 heteroatoms. The number of carbonyl (C=O) groups is 2. The highest BCUT2D eigenvalue weighted by atomic mass is 16.4. The maximum atomic E-state index is 11.6. The van der Waals surface area contributed by atoms with Crippen molar-refractivity contribution in [2.45, 2.75) is 51.7 Å². The molecule has 1 fully saturated rings. The molecule has 4 N–H and O–H groups in total. The standard InChI is InChI=1S/C12H22N2O4/c1-12(2)6-4-3-5-9(12)14-11(18)13-7-8(15)10(16)17/h8-9,15H,3-7H2,1-2H3,(H,16,17)(H2,13,14,18). The number of nitrogens with one attached hydrogen (secondary N) is 2. The van der Waals surface area contributed by atoms with Gasteiger partial charge in [0.2, 0.25) is 0 Å². The Balaban J connectivity index is 2.37. The summed E-state index contributed by atoms with van der Waals surface area (Å²) in [5, 5.41) is 22.7. The highest BCUT2D eigenvalue weighted by Crippen LogP contribution is 2.35. The second-order valence-electron chi connectivity index (χ2n) is 5.50. The Kier molecular flexibility index (Phi) is 4.95. The number of carbonyl (C=O) groups excluding carboxylic acids is 1. The van der Waals surface area contributed by atoms with Crippen LogP contribution in [-0.2, 0) is 4.79 Å². The van der Waals surface area contributed by atoms with E-state index in [0.717, 1.165) is 19.3 Å². The Morgan fingerprint density at radius 1 is 1.39 bits per heavy atom. The van der Waals surface area contributed by atoms with Crippen molar-refractivity contribution in [3.63, 3.8) is 0 Å². The third-order valence-corrected chi connectivity index (χ3v) is 3.55. The van der Waals surface area contributed by atoms with E-state index in [1.165, 1.54) is 6.42 Å². The van der Waals surface area contributed by atoms with Crippen LogP contribution in [0.2, 0.25) is 0 Å². The molecule has 2 unspecified atom stereocenters. The van der Waals surface area contributed by atoms with Crippen molar-refractivity contribution < 1.29 is 19.8 Å². The lowest BCUT2D eigenvalue weighted by molar-refractivity contribution is -0.146. The molecule has 6 nitrogen and oxygen atoms in total. The second kappa shape index (κ2) is 6.04. The lowest BCUT2D eigenvalue weighted by Crippen LogP contribution is -2.51. The average Bonchev–Trinajstić information content (AvgIpc) is 2.28. The van der Waals surface area contributed by atoms with Crippen LogP contribution in [0.1, 0.15) is 39.5 Å². The molecular weight excluding hydrogens is 236 g/mol. The summed E-state index contributed by atoms with van der Waals surface area (Å²) in [6.45, 7) is 3.95. The van der Waals surface area contributed by atoms with Gasteiger partial charge >= 0.3 is 12.0 Å². The van der Waals surface area contributed by atoms with Gasteiger partial charge in [0.1, 0.15) is 0 Å². The van der Waals surface area contributed by atoms with Gasteiger partial charge in [-0.05, 0) is 18.3 Å². The summed E-state index contributed by atoms with van der Waals surface area (Å²) >= 11 is 0. The Morgan fingerprint density at radius 2 is 2.06 bits per heavy atom. The van der Waals surface area contributed by atoms with Crippen molar-refractivity contribution in [2.75, 3.05) is 6.54 Å². The van der Waals surface area contributed by atoms with Crippen LogP contribution in [-0.4, -0.2) is 40.9 Å². The molecule has 18 heavy (non-hydrogen) atoms. The van der Waals surface area contributed by atoms with E-state index >= 15 is 0 Å². The summed E-state index contributed by atoms with van der Waals surface area (Å²) in [6, 6.07) is -0.330. The van der Waals surface area contributed by atoms with E-state index in [0.29, 0.717) is 0 Å². The number of aliphatic carboxylic acids is 1. The number of hydrogen-bond acceptors (Lipinski definition) is 3. The molecule has 0 bridgehead atoms. The molecule has 2 atom stereocenters. The van der Waals surface area contributed by atoms with Crippen LogP contribution in [0.5, 0.6) is 0 Å². The van der Waals surface area contributed by atoms with Crippen molar-refractivity contribution in [1.82, 2.24) is 10.6 Å². The number of aliphatic hydroxyl groups excluding tert-OH is 1. The van der Waals surface area contributed by atoms with Crippen LogP contribution in [0.3, 0.4) is 0 Å². The summed E-state index contributed by atoms with van der Waals surface area (Å²) in [5.41, 5.74) is 0.0566. The predicted molar refractivity (Wildman–Crippen MR) is 66.2 cm³/mol. The molecular formula is C12H22N2O4. The van der Waals surface area contributed by atoms with E-state index in [4.69, 9.17) is 10.2 Å². The summed E-state index contributed by atoms with van der Waals surface area (Å²) in [4.78, 5) is 22.0. The molecule has 0 aromatic rings. The number of amides is 2. The van der Waals surface area contributed by atoms with Gasteiger partial charge in [0, 0.05) is 6.04 Å². The number of rotatable bonds is 4. The minimum Gasteiger partial charge on any atom is -0.479 e. The third-order valence-electron chi connectivity index (χ3n) is 3.55. The maximum Gasteiger partial charge on any atom is 0.334 e. The molecule has 0 aliphatic heterocycles. The third kappa shape index (κ3) is 4.18. The van der Waals surface area contributed by atoms with Crippen LogP contribution < -0.4 is 10.6 Å². The summed E-state index contributed by atoms with van der Waals surface area (Å²) < 4.78 is 0. The fraction of sp³-hybridized carbons (Fsp3) is 0.833. The van der Waals surface area contributed by atoms with Gasteiger partial charge in [0.25, 0.3) is 0 Å². The van der Waals surface area contributed by atoms with Crippen molar-refractivity contribution in [3.8, 4) is 0 Å². The molecule has 0 heterocycles. The predicted octanol–water partition coefficient (Wildman–Crippen LogP) is 0.700. The normalized spacial score (nSPS) is 24.1. The smallest absolute Gasteiger partial charge is 0.334 e. The molecule has 0 radical (unpaired) electrons. The van der Waals surface area contributed by atoms with E-state index in [1.807, 2.05) is 0 Å². The van der Waals surface area contributed by atoms with Gasteiger partial charge in [-0.2, -0.15) is 0 Å². The first-order valence-electron chi connectivity index (χ1n) is 6.28. The number of urea groups is 1. The Hall–Kier alpha value is -1.30. The zero-order chi connectivity index (χ0) is 13.8. The second-order valence-corrected chi connectivity index (χ2v) is 5.50. The van der Waals surface area contributed by atoms with E-state index < -0.39 is 18.1 Å². The molecule has 2 amide bonds. The number of hydrogen-bond donors (Lipinski definition) is 4. The highest BCUT2D eigenvalue weighted by Gasteiger charge is 2.33. The molecule has 1 rings (SSSR count). The Morgan fingerprint density at radius 3 is 2.61 bits per heavy atom. The van der Waals surface area contributed by atoms with Gasteiger partial charge in [-0.25, -0.2) is 9.59 Å². The number of carboxylic acids is 1. The van der Waals surface area contributed by atoms with E-state index in [-0.39, 0.29) is 18.0 Å². The molecule has 0 saturated heterocycles. The zero-order valence-electron chi connectivity index (χ0n) is 10.9. The lowest BCUT2D eigenvalue weighted by atomic mass is 9.73. The molecule has 0 aromatic carbocycles. The molecule has 1 aliphatic rings. The monoisotopic (exact) mass is 258 g/mol. The first-order chi connectivity index (χ1) is 8.33. The fourth-order valence-corrected chi connectivity index (χ4v) is 2.25. The van der Waals surface area contributed by atoms with E-state index in [2.05, 4.69) is 24.5 Å². The Bertz CT molecular complexity index is 317. The van der Waals surface area contributed by atoms with Crippen LogP contribution in [0.25, 0.3) is 0 Å². The van der Waals surface area contributed by atoms with Crippen LogP contribution in [0.4, 0.5) is 4.79 Å². The molecule has 104 valence electrons. The SMILES string of the molecule is CC1(C)CCCCC1NC(=O)NCC(O)C(=O)O. The van der Waals surface area contributed by atoms with Crippen LogP contribution >= 0.6 is 0 Å². The van der Waals surface area contributed by atoms with Crippen molar-refractivity contribution in [3.05, 3.63) is 0 Å². The number of aliphatic hydroxyl groups is 1.